The van der Waals surface area contributed by atoms with Crippen LogP contribution in [0.25, 0.3) is 0 Å². The first kappa shape index (κ1) is 16.5. The lowest BCUT2D eigenvalue weighted by Gasteiger charge is -2.34. The molecule has 118 valence electrons. The average Bonchev–Trinajstić information content (AvgIpc) is 2.44. The van der Waals surface area contributed by atoms with Crippen molar-refractivity contribution in [3.05, 3.63) is 35.9 Å². The molecule has 1 fully saturated rings. The Labute approximate surface area is 130 Å². The second-order valence-electron chi connectivity index (χ2n) is 6.84. The van der Waals surface area contributed by atoms with Crippen LogP contribution in [-0.2, 0) is 0 Å². The summed E-state index contributed by atoms with van der Waals surface area (Å²) in [6.07, 6.45) is 5.51. The highest BCUT2D eigenvalue weighted by atomic mass is 15.1. The van der Waals surface area contributed by atoms with Gasteiger partial charge in [-0.3, -0.25) is 0 Å². The molecule has 1 aliphatic carbocycles. The normalized spacial score (nSPS) is 18.5. The highest BCUT2D eigenvalue weighted by Gasteiger charge is 2.23. The monoisotopic (exact) mass is 288 g/mol. The summed E-state index contributed by atoms with van der Waals surface area (Å²) in [4.78, 5) is 2.54. The Balaban J connectivity index is 1.91. The van der Waals surface area contributed by atoms with Crippen molar-refractivity contribution in [2.75, 3.05) is 26.7 Å². The topological polar surface area (TPSA) is 15.3 Å². The van der Waals surface area contributed by atoms with Gasteiger partial charge in [-0.05, 0) is 50.3 Å². The van der Waals surface area contributed by atoms with Gasteiger partial charge in [0.25, 0.3) is 0 Å². The predicted molar refractivity (Wildman–Crippen MR) is 91.5 cm³/mol. The molecule has 2 heteroatoms. The van der Waals surface area contributed by atoms with E-state index < -0.39 is 0 Å². The van der Waals surface area contributed by atoms with Gasteiger partial charge in [0.15, 0.2) is 0 Å². The first-order chi connectivity index (χ1) is 10.2. The van der Waals surface area contributed by atoms with Gasteiger partial charge < -0.3 is 10.2 Å². The first-order valence-electron chi connectivity index (χ1n) is 8.67. The van der Waals surface area contributed by atoms with Gasteiger partial charge in [-0.15, -0.1) is 0 Å². The Morgan fingerprint density at radius 3 is 2.52 bits per heavy atom. The third-order valence-corrected chi connectivity index (χ3v) is 4.74. The summed E-state index contributed by atoms with van der Waals surface area (Å²) in [6, 6.07) is 11.4. The number of hydrogen-bond acceptors (Lipinski definition) is 2. The van der Waals surface area contributed by atoms with Gasteiger partial charge in [0.2, 0.25) is 0 Å². The van der Waals surface area contributed by atoms with E-state index in [0.29, 0.717) is 12.0 Å². The van der Waals surface area contributed by atoms with E-state index in [2.05, 4.69) is 61.4 Å². The molecule has 0 saturated heterocycles. The number of nitrogens with one attached hydrogen (secondary N) is 1. The summed E-state index contributed by atoms with van der Waals surface area (Å²) in [7, 11) is 2.29. The molecule has 0 spiro atoms. The summed E-state index contributed by atoms with van der Waals surface area (Å²) in [6.45, 7) is 8.17. The van der Waals surface area contributed by atoms with Crippen LogP contribution in [0.3, 0.4) is 0 Å². The Hall–Kier alpha value is -0.860. The zero-order valence-electron chi connectivity index (χ0n) is 14.0. The standard InChI is InChI=1S/C19H32N2/c1-4-13-20-19(18-11-6-5-7-12-18)16(2)14-21(3)15-17-9-8-10-17/h5-7,11-12,16-17,19-20H,4,8-10,13-15H2,1-3H3. The predicted octanol–water partition coefficient (Wildman–Crippen LogP) is 4.10. The van der Waals surface area contributed by atoms with E-state index in [4.69, 9.17) is 0 Å². The number of benzene rings is 1. The Morgan fingerprint density at radius 2 is 1.95 bits per heavy atom. The second kappa shape index (κ2) is 8.55. The lowest BCUT2D eigenvalue weighted by molar-refractivity contribution is 0.175. The molecule has 2 rings (SSSR count). The summed E-state index contributed by atoms with van der Waals surface area (Å²) < 4.78 is 0. The molecule has 1 saturated carbocycles. The quantitative estimate of drug-likeness (QED) is 0.736. The van der Waals surface area contributed by atoms with Crippen molar-refractivity contribution in [3.63, 3.8) is 0 Å². The number of nitrogens with zero attached hydrogens (tertiary/aromatic N) is 1. The Morgan fingerprint density at radius 1 is 1.24 bits per heavy atom. The highest BCUT2D eigenvalue weighted by molar-refractivity contribution is 5.19. The van der Waals surface area contributed by atoms with Gasteiger partial charge in [0.1, 0.15) is 0 Å². The fourth-order valence-electron chi connectivity index (χ4n) is 3.40. The highest BCUT2D eigenvalue weighted by Crippen LogP contribution is 2.28. The van der Waals surface area contributed by atoms with Crippen LogP contribution in [0.4, 0.5) is 0 Å². The summed E-state index contributed by atoms with van der Waals surface area (Å²) in [5.74, 6) is 1.59. The molecule has 1 aromatic carbocycles. The van der Waals surface area contributed by atoms with Crippen molar-refractivity contribution in [2.45, 2.75) is 45.6 Å². The minimum atomic E-state index is 0.468. The van der Waals surface area contributed by atoms with Gasteiger partial charge in [-0.2, -0.15) is 0 Å². The molecule has 0 radical (unpaired) electrons. The smallest absolute Gasteiger partial charge is 0.0358 e. The third-order valence-electron chi connectivity index (χ3n) is 4.74. The maximum Gasteiger partial charge on any atom is 0.0358 e. The fourth-order valence-corrected chi connectivity index (χ4v) is 3.40. The van der Waals surface area contributed by atoms with E-state index in [0.717, 1.165) is 12.5 Å². The van der Waals surface area contributed by atoms with Crippen LogP contribution in [0.1, 0.15) is 51.1 Å². The maximum atomic E-state index is 3.75. The molecule has 1 aliphatic rings. The van der Waals surface area contributed by atoms with Crippen molar-refractivity contribution in [1.82, 2.24) is 10.2 Å². The summed E-state index contributed by atoms with van der Waals surface area (Å²) in [5.41, 5.74) is 1.43. The molecule has 0 heterocycles. The Kier molecular flexibility index (Phi) is 6.72. The van der Waals surface area contributed by atoms with E-state index in [1.54, 1.807) is 0 Å². The van der Waals surface area contributed by atoms with Crippen LogP contribution >= 0.6 is 0 Å². The fraction of sp³-hybridized carbons (Fsp3) is 0.684. The minimum Gasteiger partial charge on any atom is -0.310 e. The Bertz CT molecular complexity index is 386. The molecule has 2 atom stereocenters. The van der Waals surface area contributed by atoms with E-state index in [1.165, 1.54) is 44.3 Å². The number of rotatable bonds is 9. The van der Waals surface area contributed by atoms with Crippen molar-refractivity contribution in [2.24, 2.45) is 11.8 Å². The van der Waals surface area contributed by atoms with Crippen molar-refractivity contribution in [1.29, 1.82) is 0 Å². The molecule has 0 bridgehead atoms. The van der Waals surface area contributed by atoms with Crippen LogP contribution in [0.5, 0.6) is 0 Å². The van der Waals surface area contributed by atoms with Crippen LogP contribution in [0.2, 0.25) is 0 Å². The summed E-state index contributed by atoms with van der Waals surface area (Å²) >= 11 is 0. The molecular formula is C19H32N2. The maximum absolute atomic E-state index is 3.75. The van der Waals surface area contributed by atoms with Crippen LogP contribution in [0, 0.1) is 11.8 Å². The van der Waals surface area contributed by atoms with Crippen molar-refractivity contribution < 1.29 is 0 Å². The van der Waals surface area contributed by atoms with Gasteiger partial charge in [-0.25, -0.2) is 0 Å². The van der Waals surface area contributed by atoms with E-state index in [1.807, 2.05) is 0 Å². The second-order valence-corrected chi connectivity index (χ2v) is 6.84. The van der Waals surface area contributed by atoms with Gasteiger partial charge in [0, 0.05) is 19.1 Å². The first-order valence-corrected chi connectivity index (χ1v) is 8.67. The summed E-state index contributed by atoms with van der Waals surface area (Å²) in [5, 5.41) is 3.75. The number of hydrogen-bond donors (Lipinski definition) is 1. The van der Waals surface area contributed by atoms with Crippen molar-refractivity contribution in [3.8, 4) is 0 Å². The van der Waals surface area contributed by atoms with Gasteiger partial charge in [0.05, 0.1) is 0 Å². The van der Waals surface area contributed by atoms with E-state index in [-0.39, 0.29) is 0 Å². The van der Waals surface area contributed by atoms with Crippen LogP contribution in [0.15, 0.2) is 30.3 Å². The van der Waals surface area contributed by atoms with Crippen molar-refractivity contribution >= 4 is 0 Å². The zero-order chi connectivity index (χ0) is 15.1. The lowest BCUT2D eigenvalue weighted by Crippen LogP contribution is -2.37. The largest absolute Gasteiger partial charge is 0.310 e. The molecule has 0 amide bonds. The average molecular weight is 288 g/mol. The van der Waals surface area contributed by atoms with Gasteiger partial charge in [-0.1, -0.05) is 50.6 Å². The molecule has 2 nitrogen and oxygen atoms in total. The molecular weight excluding hydrogens is 256 g/mol. The molecule has 2 unspecified atom stereocenters. The molecule has 1 aromatic rings. The third kappa shape index (κ3) is 5.12. The lowest BCUT2D eigenvalue weighted by atomic mass is 9.85. The van der Waals surface area contributed by atoms with Gasteiger partial charge >= 0.3 is 0 Å². The molecule has 1 N–H and O–H groups in total. The SMILES string of the molecule is CCCNC(c1ccccc1)C(C)CN(C)CC1CCC1. The molecule has 21 heavy (non-hydrogen) atoms. The minimum absolute atomic E-state index is 0.468. The van der Waals surface area contributed by atoms with E-state index in [9.17, 15) is 0 Å². The molecule has 0 aromatic heterocycles. The van der Waals surface area contributed by atoms with Crippen LogP contribution in [-0.4, -0.2) is 31.6 Å². The molecule has 0 aliphatic heterocycles. The zero-order valence-corrected chi connectivity index (χ0v) is 14.0. The van der Waals surface area contributed by atoms with Crippen LogP contribution < -0.4 is 5.32 Å². The van der Waals surface area contributed by atoms with E-state index >= 15 is 0 Å².